The van der Waals surface area contributed by atoms with E-state index in [-0.39, 0.29) is 47.0 Å². The Kier molecular flexibility index (Phi) is 10.7. The third kappa shape index (κ3) is 8.22. The number of phenolic OH excluding ortho intramolecular Hbond substituents is 1. The number of ketones is 1. The lowest BCUT2D eigenvalue weighted by atomic mass is 9.78. The van der Waals surface area contributed by atoms with Gasteiger partial charge in [-0.25, -0.2) is 0 Å². The average molecular weight is 696 g/mol. The number of Topliss-reactive ketones (excluding diaryl/α,β-unsaturated/α-hetero) is 1. The molecule has 0 unspecified atom stereocenters. The van der Waals surface area contributed by atoms with Gasteiger partial charge in [0, 0.05) is 22.6 Å². The first-order chi connectivity index (χ1) is 22.4. The summed E-state index contributed by atoms with van der Waals surface area (Å²) in [4.78, 5) is 16.4. The molecule has 1 aliphatic heterocycles. The molecule has 4 aromatic carbocycles. The van der Waals surface area contributed by atoms with E-state index in [2.05, 4.69) is 115 Å². The van der Waals surface area contributed by atoms with Crippen LogP contribution < -0.4 is 0 Å². The number of hydrogen-bond acceptors (Lipinski definition) is 4. The summed E-state index contributed by atoms with van der Waals surface area (Å²) in [5.74, 6) is 1.23. The van der Waals surface area contributed by atoms with Gasteiger partial charge in [0.05, 0.1) is 35.3 Å². The van der Waals surface area contributed by atoms with E-state index >= 15 is 0 Å². The van der Waals surface area contributed by atoms with Crippen LogP contribution in [0.1, 0.15) is 92.2 Å². The maximum Gasteiger partial charge on any atom is 0.182 e. The lowest BCUT2D eigenvalue weighted by Gasteiger charge is -2.30. The molecule has 0 amide bonds. The molecule has 0 saturated carbocycles. The van der Waals surface area contributed by atoms with Gasteiger partial charge in [-0.1, -0.05) is 133 Å². The van der Waals surface area contributed by atoms with E-state index in [4.69, 9.17) is 4.74 Å². The van der Waals surface area contributed by atoms with E-state index in [0.29, 0.717) is 12.2 Å². The molecular formula is C41H47BrN2O3. The molecule has 0 aromatic heterocycles. The maximum atomic E-state index is 14.3. The van der Waals surface area contributed by atoms with Crippen molar-refractivity contribution in [3.8, 4) is 5.75 Å². The number of carbonyl (C=O) groups excluding carboxylic acids is 1. The number of aromatic hydroxyl groups is 1. The molecular weight excluding hydrogens is 648 g/mol. The molecule has 1 fully saturated rings. The normalized spacial score (nSPS) is 17.9. The van der Waals surface area contributed by atoms with Crippen molar-refractivity contribution in [2.24, 2.45) is 9.94 Å². The van der Waals surface area contributed by atoms with Gasteiger partial charge in [-0.3, -0.25) is 4.79 Å². The number of phenols is 1. The number of rotatable bonds is 10. The fourth-order valence-corrected chi connectivity index (χ4v) is 7.07. The highest BCUT2D eigenvalue weighted by Gasteiger charge is 2.40. The maximum absolute atomic E-state index is 14.3. The Bertz CT molecular complexity index is 1600. The Morgan fingerprint density at radius 1 is 0.851 bits per heavy atom. The smallest absolute Gasteiger partial charge is 0.182 e. The monoisotopic (exact) mass is 694 g/mol. The molecule has 2 atom stereocenters. The predicted molar refractivity (Wildman–Crippen MR) is 196 cm³/mol. The molecule has 1 aliphatic rings. The zero-order valence-corrected chi connectivity index (χ0v) is 30.0. The summed E-state index contributed by atoms with van der Waals surface area (Å²) < 4.78 is 11.4. The van der Waals surface area contributed by atoms with Gasteiger partial charge < -0.3 is 14.7 Å². The molecule has 6 heteroatoms. The number of nitrogens with zero attached hydrogens (tertiary/aromatic N) is 2. The number of halogens is 1. The number of ether oxygens (including phenoxy) is 1. The largest absolute Gasteiger partial charge is 0.507 e. The Morgan fingerprint density at radius 2 is 1.34 bits per heavy atom. The van der Waals surface area contributed by atoms with E-state index in [0.717, 1.165) is 40.9 Å². The molecule has 0 radical (unpaired) electrons. The highest BCUT2D eigenvalue weighted by atomic mass is 79.9. The van der Waals surface area contributed by atoms with Crippen molar-refractivity contribution in [2.75, 3.05) is 13.2 Å². The zero-order chi connectivity index (χ0) is 33.8. The number of benzene rings is 4. The second-order valence-corrected chi connectivity index (χ2v) is 15.1. The van der Waals surface area contributed by atoms with E-state index in [1.165, 1.54) is 5.56 Å². The van der Waals surface area contributed by atoms with Crippen molar-refractivity contribution in [1.29, 1.82) is 0 Å². The van der Waals surface area contributed by atoms with Crippen molar-refractivity contribution in [3.05, 3.63) is 137 Å². The predicted octanol–water partition coefficient (Wildman–Crippen LogP) is 9.62. The Labute approximate surface area is 289 Å². The Balaban J connectivity index is 1.48. The Hall–Kier alpha value is -3.74. The summed E-state index contributed by atoms with van der Waals surface area (Å²) in [5.41, 5.74) is 4.89. The van der Waals surface area contributed by atoms with Crippen LogP contribution >= 0.6 is 16.1 Å². The molecule has 47 heavy (non-hydrogen) atoms. The van der Waals surface area contributed by atoms with Crippen LogP contribution in [0.3, 0.4) is 0 Å². The van der Waals surface area contributed by atoms with Gasteiger partial charge >= 0.3 is 0 Å². The van der Waals surface area contributed by atoms with E-state index < -0.39 is 0 Å². The molecule has 246 valence electrons. The minimum absolute atomic E-state index is 0.0114. The molecule has 1 N–H and O–H groups in total. The highest BCUT2D eigenvalue weighted by molar-refractivity contribution is 9.08. The molecule has 1 saturated heterocycles. The van der Waals surface area contributed by atoms with Crippen molar-refractivity contribution in [2.45, 2.75) is 77.4 Å². The summed E-state index contributed by atoms with van der Waals surface area (Å²) >= 11 is 3.44. The van der Waals surface area contributed by atoms with Gasteiger partial charge in [0.2, 0.25) is 0 Å². The van der Waals surface area contributed by atoms with Gasteiger partial charge in [0.1, 0.15) is 17.7 Å². The Morgan fingerprint density at radius 3 is 1.81 bits per heavy atom. The summed E-state index contributed by atoms with van der Waals surface area (Å²) in [5, 5.41) is 11.3. The molecule has 0 bridgehead atoms. The summed E-state index contributed by atoms with van der Waals surface area (Å²) in [6.45, 7) is 13.0. The fraction of sp³-hybridized carbons (Fsp3) is 0.366. The first kappa shape index (κ1) is 34.6. The summed E-state index contributed by atoms with van der Waals surface area (Å²) in [6, 6.07) is 34.7. The standard InChI is InChI=1S/C41H47BrN2O3/c1-40(2,3)34-24-31(25-35(37(34)46)41(4,5)6)36(45)26-44-33(23-32(39(44)43-42)22-28-16-10-7-11-17-28)27-47-38(29-18-12-8-13-19-29)30-20-14-9-15-21-30/h7-21,24-25,32-33,38,46H,22-23,26-27H2,1-6H3/t32-,33+/m1/s1. The molecule has 0 aliphatic carbocycles. The minimum Gasteiger partial charge on any atom is -0.507 e. The number of amidine groups is 1. The van der Waals surface area contributed by atoms with Crippen molar-refractivity contribution < 1.29 is 14.6 Å². The van der Waals surface area contributed by atoms with Crippen LogP contribution in [0.25, 0.3) is 0 Å². The van der Waals surface area contributed by atoms with Gasteiger partial charge in [-0.05, 0) is 52.5 Å². The van der Waals surface area contributed by atoms with Crippen LogP contribution in [0.4, 0.5) is 0 Å². The lowest BCUT2D eigenvalue weighted by molar-refractivity contribution is 0.0451. The fourth-order valence-electron chi connectivity index (χ4n) is 6.57. The van der Waals surface area contributed by atoms with Gasteiger partial charge in [0.25, 0.3) is 0 Å². The van der Waals surface area contributed by atoms with Crippen molar-refractivity contribution in [3.63, 3.8) is 0 Å². The topological polar surface area (TPSA) is 62.1 Å². The first-order valence-electron chi connectivity index (χ1n) is 16.5. The molecule has 1 heterocycles. The van der Waals surface area contributed by atoms with E-state index in [1.807, 2.05) is 54.6 Å². The van der Waals surface area contributed by atoms with Crippen LogP contribution in [0, 0.1) is 5.92 Å². The molecule has 4 aromatic rings. The number of hydrogen-bond donors (Lipinski definition) is 1. The van der Waals surface area contributed by atoms with Crippen LogP contribution in [0.15, 0.2) is 107 Å². The quantitative estimate of drug-likeness (QED) is 0.168. The second kappa shape index (κ2) is 14.6. The third-order valence-corrected chi connectivity index (χ3v) is 9.45. The molecule has 5 nitrogen and oxygen atoms in total. The zero-order valence-electron chi connectivity index (χ0n) is 28.4. The summed E-state index contributed by atoms with van der Waals surface area (Å²) in [7, 11) is 0. The van der Waals surface area contributed by atoms with Gasteiger partial charge in [-0.15, -0.1) is 0 Å². The van der Waals surface area contributed by atoms with E-state index in [9.17, 15) is 9.90 Å². The van der Waals surface area contributed by atoms with Gasteiger partial charge in [-0.2, -0.15) is 4.02 Å². The van der Waals surface area contributed by atoms with Gasteiger partial charge in [0.15, 0.2) is 5.78 Å². The number of likely N-dealkylation sites (tertiary alicyclic amines) is 1. The van der Waals surface area contributed by atoms with Crippen molar-refractivity contribution in [1.82, 2.24) is 4.90 Å². The molecule has 5 rings (SSSR count). The van der Waals surface area contributed by atoms with Crippen molar-refractivity contribution >= 4 is 27.8 Å². The second-order valence-electron chi connectivity index (χ2n) is 14.7. The molecule has 0 spiro atoms. The number of carbonyl (C=O) groups is 1. The van der Waals surface area contributed by atoms with Crippen LogP contribution in [-0.4, -0.2) is 40.8 Å². The van der Waals surface area contributed by atoms with Crippen LogP contribution in [0.5, 0.6) is 5.75 Å². The van der Waals surface area contributed by atoms with Crippen LogP contribution in [0.2, 0.25) is 0 Å². The summed E-state index contributed by atoms with van der Waals surface area (Å²) in [6.07, 6.45) is 1.38. The lowest BCUT2D eigenvalue weighted by Crippen LogP contribution is -2.40. The minimum atomic E-state index is -0.336. The SMILES string of the molecule is CC(C)(C)c1cc(C(=O)CN2C(=NBr)[C@H](Cc3ccccc3)C[C@H]2COC(c2ccccc2)c2ccccc2)cc(C(C)(C)C)c1O. The van der Waals surface area contributed by atoms with Crippen LogP contribution in [-0.2, 0) is 22.0 Å². The highest BCUT2D eigenvalue weighted by Crippen LogP contribution is 2.40. The third-order valence-electron chi connectivity index (χ3n) is 9.09. The average Bonchev–Trinajstić information content (AvgIpc) is 3.36. The first-order valence-corrected chi connectivity index (χ1v) is 17.2. The van der Waals surface area contributed by atoms with E-state index in [1.54, 1.807) is 0 Å².